The van der Waals surface area contributed by atoms with Gasteiger partial charge in [0.2, 0.25) is 0 Å². The number of carboxylic acid groups (broad SMARTS) is 1. The Kier molecular flexibility index (Phi) is 6.03. The molecule has 2 aromatic rings. The van der Waals surface area contributed by atoms with Gasteiger partial charge in [0.25, 0.3) is 5.91 Å². The zero-order valence-corrected chi connectivity index (χ0v) is 15.6. The van der Waals surface area contributed by atoms with E-state index in [2.05, 4.69) is 26.1 Å². The summed E-state index contributed by atoms with van der Waals surface area (Å²) >= 11 is 0. The number of para-hydroxylation sites is 1. The molecule has 0 heterocycles. The predicted molar refractivity (Wildman–Crippen MR) is 101 cm³/mol. The molecule has 0 spiro atoms. The molecular formula is C21H25NO4. The van der Waals surface area contributed by atoms with Crippen LogP contribution in [0.4, 0.5) is 0 Å². The SMILES string of the molecule is COc1ccccc1C[C@H](NC(=O)c1ccc(C(C)(C)C)cc1)C(=O)O. The molecule has 5 heteroatoms. The number of ether oxygens (including phenoxy) is 1. The second-order valence-electron chi connectivity index (χ2n) is 7.21. The van der Waals surface area contributed by atoms with Gasteiger partial charge in [-0.2, -0.15) is 0 Å². The van der Waals surface area contributed by atoms with Crippen LogP contribution in [0.2, 0.25) is 0 Å². The van der Waals surface area contributed by atoms with Crippen molar-refractivity contribution in [2.24, 2.45) is 0 Å². The van der Waals surface area contributed by atoms with Gasteiger partial charge in [0.1, 0.15) is 11.8 Å². The van der Waals surface area contributed by atoms with E-state index in [-0.39, 0.29) is 11.8 Å². The molecule has 0 aliphatic heterocycles. The molecule has 1 amide bonds. The van der Waals surface area contributed by atoms with Gasteiger partial charge in [0, 0.05) is 12.0 Å². The highest BCUT2D eigenvalue weighted by Crippen LogP contribution is 2.22. The monoisotopic (exact) mass is 355 g/mol. The third kappa shape index (κ3) is 4.85. The van der Waals surface area contributed by atoms with Gasteiger partial charge in [0.05, 0.1) is 7.11 Å². The number of benzene rings is 2. The summed E-state index contributed by atoms with van der Waals surface area (Å²) in [5.74, 6) is -0.897. The molecule has 0 aliphatic rings. The van der Waals surface area contributed by atoms with Crippen LogP contribution in [-0.4, -0.2) is 30.1 Å². The Morgan fingerprint density at radius 2 is 1.69 bits per heavy atom. The van der Waals surface area contributed by atoms with Crippen LogP contribution >= 0.6 is 0 Å². The van der Waals surface area contributed by atoms with Crippen LogP contribution in [0.25, 0.3) is 0 Å². The number of rotatable bonds is 6. The molecule has 0 fully saturated rings. The number of aliphatic carboxylic acids is 1. The van der Waals surface area contributed by atoms with Gasteiger partial charge in [-0.05, 0) is 34.7 Å². The van der Waals surface area contributed by atoms with Gasteiger partial charge in [-0.15, -0.1) is 0 Å². The molecule has 2 rings (SSSR count). The zero-order valence-electron chi connectivity index (χ0n) is 15.6. The standard InChI is InChI=1S/C21H25NO4/c1-21(2,3)16-11-9-14(10-12-16)19(23)22-17(20(24)25)13-15-7-5-6-8-18(15)26-4/h5-12,17H,13H2,1-4H3,(H,22,23)(H,24,25)/t17-/m0/s1. The lowest BCUT2D eigenvalue weighted by molar-refractivity contribution is -0.139. The lowest BCUT2D eigenvalue weighted by Crippen LogP contribution is -2.42. The Morgan fingerprint density at radius 1 is 1.08 bits per heavy atom. The Balaban J connectivity index is 2.14. The van der Waals surface area contributed by atoms with Gasteiger partial charge in [0.15, 0.2) is 0 Å². The first-order chi connectivity index (χ1) is 12.2. The van der Waals surface area contributed by atoms with E-state index in [1.165, 1.54) is 7.11 Å². The van der Waals surface area contributed by atoms with Crippen LogP contribution in [0.1, 0.15) is 42.3 Å². The van der Waals surface area contributed by atoms with E-state index in [9.17, 15) is 14.7 Å². The molecule has 0 saturated carbocycles. The summed E-state index contributed by atoms with van der Waals surface area (Å²) in [6.07, 6.45) is 0.144. The summed E-state index contributed by atoms with van der Waals surface area (Å²) in [6, 6.07) is 13.4. The van der Waals surface area contributed by atoms with Crippen LogP contribution in [0.3, 0.4) is 0 Å². The number of hydrogen-bond donors (Lipinski definition) is 2. The lowest BCUT2D eigenvalue weighted by Gasteiger charge is -2.19. The van der Waals surface area contributed by atoms with Gasteiger partial charge < -0.3 is 15.2 Å². The second-order valence-corrected chi connectivity index (χ2v) is 7.21. The van der Waals surface area contributed by atoms with Crippen molar-refractivity contribution >= 4 is 11.9 Å². The topological polar surface area (TPSA) is 75.6 Å². The summed E-state index contributed by atoms with van der Waals surface area (Å²) in [7, 11) is 1.53. The molecule has 0 aromatic heterocycles. The Bertz CT molecular complexity index is 775. The maximum Gasteiger partial charge on any atom is 0.326 e. The smallest absolute Gasteiger partial charge is 0.326 e. The minimum Gasteiger partial charge on any atom is -0.496 e. The first-order valence-corrected chi connectivity index (χ1v) is 8.48. The normalized spacial score (nSPS) is 12.3. The number of carbonyl (C=O) groups excluding carboxylic acids is 1. The Labute approximate surface area is 154 Å². The largest absolute Gasteiger partial charge is 0.496 e. The number of amides is 1. The van der Waals surface area contributed by atoms with E-state index in [1.54, 1.807) is 24.3 Å². The Morgan fingerprint density at radius 3 is 2.23 bits per heavy atom. The maximum absolute atomic E-state index is 12.5. The number of nitrogens with one attached hydrogen (secondary N) is 1. The quantitative estimate of drug-likeness (QED) is 0.832. The number of carboxylic acids is 1. The van der Waals surface area contributed by atoms with E-state index in [0.29, 0.717) is 11.3 Å². The number of hydrogen-bond acceptors (Lipinski definition) is 3. The highest BCUT2D eigenvalue weighted by molar-refractivity contribution is 5.96. The third-order valence-corrected chi connectivity index (χ3v) is 4.23. The minimum atomic E-state index is -1.09. The van der Waals surface area contributed by atoms with E-state index in [0.717, 1.165) is 11.1 Å². The molecule has 26 heavy (non-hydrogen) atoms. The van der Waals surface area contributed by atoms with Crippen LogP contribution in [0, 0.1) is 0 Å². The van der Waals surface area contributed by atoms with Crippen molar-refractivity contribution in [2.75, 3.05) is 7.11 Å². The van der Waals surface area contributed by atoms with E-state index >= 15 is 0 Å². The van der Waals surface area contributed by atoms with Crippen molar-refractivity contribution in [1.82, 2.24) is 5.32 Å². The molecule has 0 bridgehead atoms. The summed E-state index contributed by atoms with van der Waals surface area (Å²) in [6.45, 7) is 6.28. The van der Waals surface area contributed by atoms with Crippen molar-refractivity contribution in [3.63, 3.8) is 0 Å². The van der Waals surface area contributed by atoms with E-state index in [1.807, 2.05) is 24.3 Å². The minimum absolute atomic E-state index is 0.0114. The van der Waals surface area contributed by atoms with Gasteiger partial charge >= 0.3 is 5.97 Å². The summed E-state index contributed by atoms with van der Waals surface area (Å²) in [5, 5.41) is 12.1. The molecule has 0 unspecified atom stereocenters. The molecule has 1 atom stereocenters. The highest BCUT2D eigenvalue weighted by Gasteiger charge is 2.23. The van der Waals surface area contributed by atoms with Crippen molar-refractivity contribution in [3.8, 4) is 5.75 Å². The van der Waals surface area contributed by atoms with Crippen LogP contribution in [-0.2, 0) is 16.6 Å². The van der Waals surface area contributed by atoms with Crippen LogP contribution < -0.4 is 10.1 Å². The predicted octanol–water partition coefficient (Wildman–Crippen LogP) is 3.42. The fourth-order valence-corrected chi connectivity index (χ4v) is 2.65. The average Bonchev–Trinajstić information content (AvgIpc) is 2.60. The van der Waals surface area contributed by atoms with Gasteiger partial charge in [-0.3, -0.25) is 4.79 Å². The summed E-state index contributed by atoms with van der Waals surface area (Å²) < 4.78 is 5.25. The first kappa shape index (κ1) is 19.5. The van der Waals surface area contributed by atoms with E-state index in [4.69, 9.17) is 4.74 Å². The lowest BCUT2D eigenvalue weighted by atomic mass is 9.86. The van der Waals surface area contributed by atoms with Crippen molar-refractivity contribution in [2.45, 2.75) is 38.6 Å². The molecule has 138 valence electrons. The molecule has 5 nitrogen and oxygen atoms in total. The molecular weight excluding hydrogens is 330 g/mol. The van der Waals surface area contributed by atoms with Crippen molar-refractivity contribution in [1.29, 1.82) is 0 Å². The molecule has 0 radical (unpaired) electrons. The molecule has 0 aliphatic carbocycles. The summed E-state index contributed by atoms with van der Waals surface area (Å²) in [5.41, 5.74) is 2.26. The molecule has 2 aromatic carbocycles. The second kappa shape index (κ2) is 8.04. The molecule has 0 saturated heterocycles. The van der Waals surface area contributed by atoms with Crippen molar-refractivity contribution < 1.29 is 19.4 Å². The van der Waals surface area contributed by atoms with Gasteiger partial charge in [-0.1, -0.05) is 51.1 Å². The fraction of sp³-hybridized carbons (Fsp3) is 0.333. The first-order valence-electron chi connectivity index (χ1n) is 8.48. The third-order valence-electron chi connectivity index (χ3n) is 4.23. The van der Waals surface area contributed by atoms with Gasteiger partial charge in [-0.25, -0.2) is 4.79 Å². The van der Waals surface area contributed by atoms with E-state index < -0.39 is 17.9 Å². The van der Waals surface area contributed by atoms with Crippen LogP contribution in [0.15, 0.2) is 48.5 Å². The average molecular weight is 355 g/mol. The molecule has 2 N–H and O–H groups in total. The zero-order chi connectivity index (χ0) is 19.3. The summed E-state index contributed by atoms with van der Waals surface area (Å²) in [4.78, 5) is 24.1. The highest BCUT2D eigenvalue weighted by atomic mass is 16.5. The number of carbonyl (C=O) groups is 2. The van der Waals surface area contributed by atoms with Crippen molar-refractivity contribution in [3.05, 3.63) is 65.2 Å². The fourth-order valence-electron chi connectivity index (χ4n) is 2.65. The maximum atomic E-state index is 12.5. The number of methoxy groups -OCH3 is 1. The Hall–Kier alpha value is -2.82. The van der Waals surface area contributed by atoms with Crippen LogP contribution in [0.5, 0.6) is 5.75 Å².